The molecule has 0 saturated heterocycles. The van der Waals surface area contributed by atoms with E-state index in [-0.39, 0.29) is 12.1 Å². The summed E-state index contributed by atoms with van der Waals surface area (Å²) in [5, 5.41) is 4.49. The van der Waals surface area contributed by atoms with Gasteiger partial charge in [0, 0.05) is 4.88 Å². The molecule has 0 fully saturated rings. The average Bonchev–Trinajstić information content (AvgIpc) is 3.19. The maximum atomic E-state index is 12.6. The molecule has 158 valence electrons. The smallest absolute Gasteiger partial charge is 0.262 e. The van der Waals surface area contributed by atoms with Crippen LogP contribution in [0.5, 0.6) is 11.5 Å². The number of aryl methyl sites for hydroxylation is 1. The van der Waals surface area contributed by atoms with Crippen LogP contribution in [0.25, 0.3) is 10.2 Å². The minimum atomic E-state index is -0.421. The fourth-order valence-electron chi connectivity index (χ4n) is 2.76. The van der Waals surface area contributed by atoms with Gasteiger partial charge < -0.3 is 9.47 Å². The van der Waals surface area contributed by atoms with Crippen LogP contribution >= 0.6 is 11.3 Å². The minimum Gasteiger partial charge on any atom is -0.493 e. The molecule has 0 unspecified atom stereocenters. The standard InChI is InChI=1S/C21H24N4O4S/c1-4-8-29-17-7-6-14(9-18(17)28-3)11-23-24-19(26)12-25-13-22-20-16(21(25)27)10-15(5-2)30-20/h6-7,9-11,13H,4-5,8,12H2,1-3H3,(H,24,26)/b23-11-. The monoisotopic (exact) mass is 428 g/mol. The number of rotatable bonds is 9. The molecule has 1 aromatic carbocycles. The molecule has 2 heterocycles. The predicted molar refractivity (Wildman–Crippen MR) is 118 cm³/mol. The number of hydrogen-bond acceptors (Lipinski definition) is 7. The van der Waals surface area contributed by atoms with E-state index in [0.717, 1.165) is 23.3 Å². The molecule has 0 aliphatic heterocycles. The lowest BCUT2D eigenvalue weighted by atomic mass is 10.2. The van der Waals surface area contributed by atoms with Crippen molar-refractivity contribution in [3.05, 3.63) is 51.4 Å². The van der Waals surface area contributed by atoms with E-state index >= 15 is 0 Å². The lowest BCUT2D eigenvalue weighted by Gasteiger charge is -2.10. The van der Waals surface area contributed by atoms with Crippen molar-refractivity contribution in [2.24, 2.45) is 5.10 Å². The number of fused-ring (bicyclic) bond motifs is 1. The Morgan fingerprint density at radius 3 is 2.87 bits per heavy atom. The molecule has 0 saturated carbocycles. The van der Waals surface area contributed by atoms with E-state index in [2.05, 4.69) is 15.5 Å². The molecule has 0 bridgehead atoms. The van der Waals surface area contributed by atoms with E-state index in [9.17, 15) is 9.59 Å². The van der Waals surface area contributed by atoms with Crippen molar-refractivity contribution in [3.8, 4) is 11.5 Å². The summed E-state index contributed by atoms with van der Waals surface area (Å²) in [4.78, 5) is 30.8. The van der Waals surface area contributed by atoms with Gasteiger partial charge in [0.15, 0.2) is 11.5 Å². The number of methoxy groups -OCH3 is 1. The SMILES string of the molecule is CCCOc1ccc(/C=N\NC(=O)Cn2cnc3sc(CC)cc3c2=O)cc1OC. The lowest BCUT2D eigenvalue weighted by molar-refractivity contribution is -0.121. The Labute approximate surface area is 178 Å². The third-order valence-corrected chi connectivity index (χ3v) is 5.47. The van der Waals surface area contributed by atoms with Crippen molar-refractivity contribution in [1.82, 2.24) is 15.0 Å². The molecule has 1 amide bonds. The second-order valence-corrected chi connectivity index (χ2v) is 7.63. The van der Waals surface area contributed by atoms with Crippen molar-refractivity contribution in [1.29, 1.82) is 0 Å². The zero-order valence-corrected chi connectivity index (χ0v) is 18.0. The summed E-state index contributed by atoms with van der Waals surface area (Å²) in [5.74, 6) is 0.824. The Morgan fingerprint density at radius 1 is 1.30 bits per heavy atom. The van der Waals surface area contributed by atoms with Crippen LogP contribution in [-0.2, 0) is 17.8 Å². The van der Waals surface area contributed by atoms with Crippen LogP contribution in [0.2, 0.25) is 0 Å². The minimum absolute atomic E-state index is 0.163. The maximum Gasteiger partial charge on any atom is 0.262 e. The summed E-state index contributed by atoms with van der Waals surface area (Å²) >= 11 is 1.49. The molecule has 0 atom stereocenters. The molecular weight excluding hydrogens is 404 g/mol. The van der Waals surface area contributed by atoms with E-state index in [1.807, 2.05) is 26.0 Å². The Balaban J connectivity index is 1.64. The molecule has 0 radical (unpaired) electrons. The number of hydrazone groups is 1. The Kier molecular flexibility index (Phi) is 7.18. The average molecular weight is 429 g/mol. The second kappa shape index (κ2) is 10.0. The summed E-state index contributed by atoms with van der Waals surface area (Å²) < 4.78 is 12.2. The van der Waals surface area contributed by atoms with Gasteiger partial charge in [-0.1, -0.05) is 13.8 Å². The number of nitrogens with zero attached hydrogens (tertiary/aromatic N) is 3. The van der Waals surface area contributed by atoms with Crippen LogP contribution in [-0.4, -0.2) is 35.4 Å². The summed E-state index contributed by atoms with van der Waals surface area (Å²) in [6, 6.07) is 7.21. The Hall–Kier alpha value is -3.20. The number of ether oxygens (including phenoxy) is 2. The van der Waals surface area contributed by atoms with Gasteiger partial charge in [-0.05, 0) is 42.7 Å². The van der Waals surface area contributed by atoms with Gasteiger partial charge in [0.2, 0.25) is 0 Å². The Bertz CT molecular complexity index is 1120. The van der Waals surface area contributed by atoms with Crippen molar-refractivity contribution >= 4 is 33.7 Å². The number of carbonyl (C=O) groups excluding carboxylic acids is 1. The van der Waals surface area contributed by atoms with Crippen LogP contribution in [0.15, 0.2) is 40.5 Å². The highest BCUT2D eigenvalue weighted by Gasteiger charge is 2.10. The quantitative estimate of drug-likeness (QED) is 0.418. The number of thiophene rings is 1. The van der Waals surface area contributed by atoms with Crippen molar-refractivity contribution < 1.29 is 14.3 Å². The van der Waals surface area contributed by atoms with Gasteiger partial charge in [-0.25, -0.2) is 10.4 Å². The van der Waals surface area contributed by atoms with Gasteiger partial charge in [0.25, 0.3) is 11.5 Å². The van der Waals surface area contributed by atoms with Crippen LogP contribution < -0.4 is 20.5 Å². The van der Waals surface area contributed by atoms with E-state index in [1.165, 1.54) is 28.4 Å². The van der Waals surface area contributed by atoms with Crippen LogP contribution in [0, 0.1) is 0 Å². The zero-order chi connectivity index (χ0) is 21.5. The van der Waals surface area contributed by atoms with E-state index in [4.69, 9.17) is 9.47 Å². The van der Waals surface area contributed by atoms with Gasteiger partial charge in [0.1, 0.15) is 11.4 Å². The highest BCUT2D eigenvalue weighted by atomic mass is 32.1. The molecule has 0 aliphatic rings. The maximum absolute atomic E-state index is 12.6. The third-order valence-electron chi connectivity index (χ3n) is 4.28. The van der Waals surface area contributed by atoms with E-state index in [1.54, 1.807) is 19.2 Å². The molecule has 30 heavy (non-hydrogen) atoms. The molecule has 3 aromatic rings. The second-order valence-electron chi connectivity index (χ2n) is 6.51. The molecule has 0 aliphatic carbocycles. The van der Waals surface area contributed by atoms with E-state index in [0.29, 0.717) is 28.3 Å². The number of nitrogens with one attached hydrogen (secondary N) is 1. The van der Waals surface area contributed by atoms with Gasteiger partial charge >= 0.3 is 0 Å². The summed E-state index contributed by atoms with van der Waals surface area (Å²) in [6.07, 6.45) is 4.63. The van der Waals surface area contributed by atoms with Crippen molar-refractivity contribution in [2.75, 3.05) is 13.7 Å². The van der Waals surface area contributed by atoms with Crippen LogP contribution in [0.1, 0.15) is 30.7 Å². The number of carbonyl (C=O) groups is 1. The molecule has 8 nitrogen and oxygen atoms in total. The van der Waals surface area contributed by atoms with Gasteiger partial charge in [-0.3, -0.25) is 14.2 Å². The molecule has 0 spiro atoms. The third kappa shape index (κ3) is 5.04. The normalized spacial score (nSPS) is 11.2. The summed E-state index contributed by atoms with van der Waals surface area (Å²) in [5.41, 5.74) is 2.94. The first-order valence-corrected chi connectivity index (χ1v) is 10.5. The lowest BCUT2D eigenvalue weighted by Crippen LogP contribution is -2.29. The summed E-state index contributed by atoms with van der Waals surface area (Å²) in [7, 11) is 1.57. The fraction of sp³-hybridized carbons (Fsp3) is 0.333. The number of benzene rings is 1. The van der Waals surface area contributed by atoms with Crippen LogP contribution in [0.3, 0.4) is 0 Å². The van der Waals surface area contributed by atoms with Gasteiger partial charge in [0.05, 0.1) is 31.6 Å². The topological polar surface area (TPSA) is 94.8 Å². The highest BCUT2D eigenvalue weighted by molar-refractivity contribution is 7.18. The van der Waals surface area contributed by atoms with Crippen molar-refractivity contribution in [3.63, 3.8) is 0 Å². The number of amides is 1. The largest absolute Gasteiger partial charge is 0.493 e. The molecule has 3 rings (SSSR count). The highest BCUT2D eigenvalue weighted by Crippen LogP contribution is 2.27. The first-order chi connectivity index (χ1) is 14.5. The molecule has 2 aromatic heterocycles. The zero-order valence-electron chi connectivity index (χ0n) is 17.2. The molecule has 1 N–H and O–H groups in total. The number of aromatic nitrogens is 2. The molecular formula is C21H24N4O4S. The molecule has 9 heteroatoms. The van der Waals surface area contributed by atoms with Gasteiger partial charge in [-0.15, -0.1) is 11.3 Å². The van der Waals surface area contributed by atoms with Crippen molar-refractivity contribution in [2.45, 2.75) is 33.2 Å². The van der Waals surface area contributed by atoms with Crippen LogP contribution in [0.4, 0.5) is 0 Å². The Morgan fingerprint density at radius 2 is 2.13 bits per heavy atom. The van der Waals surface area contributed by atoms with E-state index < -0.39 is 5.91 Å². The first kappa shape index (κ1) is 21.5. The number of hydrogen-bond donors (Lipinski definition) is 1. The summed E-state index contributed by atoms with van der Waals surface area (Å²) in [6.45, 7) is 4.49. The van der Waals surface area contributed by atoms with Gasteiger partial charge in [-0.2, -0.15) is 5.10 Å². The fourth-order valence-corrected chi connectivity index (χ4v) is 3.69. The predicted octanol–water partition coefficient (Wildman–Crippen LogP) is 2.97. The first-order valence-electron chi connectivity index (χ1n) is 9.66.